The molecule has 0 saturated heterocycles. The molecule has 0 amide bonds. The van der Waals surface area contributed by atoms with Gasteiger partial charge in [-0.1, -0.05) is 37.3 Å². The maximum atomic E-state index is 5.76. The molecule has 1 aromatic heterocycles. The highest BCUT2D eigenvalue weighted by molar-refractivity contribution is 5.21. The van der Waals surface area contributed by atoms with Crippen LogP contribution in [-0.4, -0.2) is 18.5 Å². The van der Waals surface area contributed by atoms with Crippen molar-refractivity contribution in [1.29, 1.82) is 0 Å². The van der Waals surface area contributed by atoms with Crippen LogP contribution in [0.25, 0.3) is 0 Å². The Balaban J connectivity index is 2.02. The van der Waals surface area contributed by atoms with Crippen molar-refractivity contribution >= 4 is 0 Å². The standard InChI is InChI=1S/C17H24N2O/c1-4-19(12-15-8-6-5-7-9-15)13-16-10-17(11-18-3)20-14(16)2/h5-10,18H,4,11-13H2,1-3H3. The first-order valence-electron chi connectivity index (χ1n) is 7.22. The van der Waals surface area contributed by atoms with Gasteiger partial charge in [0.25, 0.3) is 0 Å². The summed E-state index contributed by atoms with van der Waals surface area (Å²) in [5.74, 6) is 2.04. The molecule has 2 aromatic rings. The topological polar surface area (TPSA) is 28.4 Å². The van der Waals surface area contributed by atoms with Crippen LogP contribution in [0, 0.1) is 6.92 Å². The monoisotopic (exact) mass is 272 g/mol. The first kappa shape index (κ1) is 14.8. The summed E-state index contributed by atoms with van der Waals surface area (Å²) < 4.78 is 5.76. The molecular weight excluding hydrogens is 248 g/mol. The van der Waals surface area contributed by atoms with Gasteiger partial charge in [-0.05, 0) is 32.1 Å². The van der Waals surface area contributed by atoms with Gasteiger partial charge in [-0.3, -0.25) is 4.90 Å². The van der Waals surface area contributed by atoms with E-state index in [1.165, 1.54) is 11.1 Å². The third-order valence-corrected chi connectivity index (χ3v) is 3.51. The van der Waals surface area contributed by atoms with Crippen molar-refractivity contribution in [2.75, 3.05) is 13.6 Å². The molecule has 1 aromatic carbocycles. The number of nitrogens with zero attached hydrogens (tertiary/aromatic N) is 1. The summed E-state index contributed by atoms with van der Waals surface area (Å²) in [4.78, 5) is 2.43. The molecule has 0 atom stereocenters. The van der Waals surface area contributed by atoms with Crippen LogP contribution in [0.3, 0.4) is 0 Å². The largest absolute Gasteiger partial charge is 0.465 e. The lowest BCUT2D eigenvalue weighted by atomic mass is 10.2. The minimum Gasteiger partial charge on any atom is -0.465 e. The molecule has 0 aliphatic carbocycles. The lowest BCUT2D eigenvalue weighted by Crippen LogP contribution is -2.22. The van der Waals surface area contributed by atoms with E-state index >= 15 is 0 Å². The summed E-state index contributed by atoms with van der Waals surface area (Å²) in [7, 11) is 1.94. The summed E-state index contributed by atoms with van der Waals surface area (Å²) in [6.07, 6.45) is 0. The Morgan fingerprint density at radius 1 is 1.15 bits per heavy atom. The molecule has 0 aliphatic heterocycles. The Hall–Kier alpha value is -1.58. The van der Waals surface area contributed by atoms with Crippen LogP contribution < -0.4 is 5.32 Å². The molecule has 3 heteroatoms. The Bertz CT molecular complexity index is 519. The van der Waals surface area contributed by atoms with Gasteiger partial charge >= 0.3 is 0 Å². The second-order valence-corrected chi connectivity index (χ2v) is 5.11. The number of nitrogens with one attached hydrogen (secondary N) is 1. The maximum Gasteiger partial charge on any atom is 0.118 e. The van der Waals surface area contributed by atoms with E-state index in [9.17, 15) is 0 Å². The number of hydrogen-bond acceptors (Lipinski definition) is 3. The third-order valence-electron chi connectivity index (χ3n) is 3.51. The van der Waals surface area contributed by atoms with Gasteiger partial charge in [0.1, 0.15) is 11.5 Å². The molecule has 2 rings (SSSR count). The molecule has 20 heavy (non-hydrogen) atoms. The summed E-state index contributed by atoms with van der Waals surface area (Å²) in [6.45, 7) is 7.97. The Kier molecular flexibility index (Phi) is 5.39. The summed E-state index contributed by atoms with van der Waals surface area (Å²) in [6, 6.07) is 12.8. The molecule has 0 radical (unpaired) electrons. The van der Waals surface area contributed by atoms with Crippen LogP contribution in [0.4, 0.5) is 0 Å². The SMILES string of the molecule is CCN(Cc1ccccc1)Cc1cc(CNC)oc1C. The number of furan rings is 1. The predicted molar refractivity (Wildman–Crippen MR) is 82.4 cm³/mol. The molecule has 1 heterocycles. The van der Waals surface area contributed by atoms with Gasteiger partial charge in [0, 0.05) is 18.7 Å². The van der Waals surface area contributed by atoms with Crippen LogP contribution in [0.5, 0.6) is 0 Å². The van der Waals surface area contributed by atoms with Crippen LogP contribution >= 0.6 is 0 Å². The van der Waals surface area contributed by atoms with Crippen molar-refractivity contribution in [3.63, 3.8) is 0 Å². The second-order valence-electron chi connectivity index (χ2n) is 5.11. The maximum absolute atomic E-state index is 5.76. The van der Waals surface area contributed by atoms with Gasteiger partial charge in [-0.25, -0.2) is 0 Å². The zero-order valence-corrected chi connectivity index (χ0v) is 12.6. The Morgan fingerprint density at radius 3 is 2.55 bits per heavy atom. The average molecular weight is 272 g/mol. The van der Waals surface area contributed by atoms with E-state index in [0.717, 1.165) is 37.7 Å². The van der Waals surface area contributed by atoms with E-state index in [4.69, 9.17) is 4.42 Å². The van der Waals surface area contributed by atoms with Crippen LogP contribution in [0.15, 0.2) is 40.8 Å². The fourth-order valence-electron chi connectivity index (χ4n) is 2.37. The molecule has 108 valence electrons. The molecule has 0 unspecified atom stereocenters. The highest BCUT2D eigenvalue weighted by atomic mass is 16.3. The summed E-state index contributed by atoms with van der Waals surface area (Å²) in [5, 5.41) is 3.12. The summed E-state index contributed by atoms with van der Waals surface area (Å²) >= 11 is 0. The molecule has 0 bridgehead atoms. The number of hydrogen-bond donors (Lipinski definition) is 1. The van der Waals surface area contributed by atoms with E-state index in [-0.39, 0.29) is 0 Å². The van der Waals surface area contributed by atoms with Crippen molar-refractivity contribution in [3.05, 3.63) is 59.0 Å². The average Bonchev–Trinajstić information content (AvgIpc) is 2.79. The van der Waals surface area contributed by atoms with Crippen molar-refractivity contribution < 1.29 is 4.42 Å². The second kappa shape index (κ2) is 7.27. The first-order valence-corrected chi connectivity index (χ1v) is 7.22. The Labute approximate surface area is 121 Å². The number of benzene rings is 1. The molecule has 0 aliphatic rings. The van der Waals surface area contributed by atoms with Crippen molar-refractivity contribution in [1.82, 2.24) is 10.2 Å². The highest BCUT2D eigenvalue weighted by Gasteiger charge is 2.11. The molecule has 0 saturated carbocycles. The lowest BCUT2D eigenvalue weighted by molar-refractivity contribution is 0.269. The minimum atomic E-state index is 0.783. The molecule has 0 spiro atoms. The van der Waals surface area contributed by atoms with Gasteiger partial charge in [0.2, 0.25) is 0 Å². The molecular formula is C17H24N2O. The molecule has 1 N–H and O–H groups in total. The van der Waals surface area contributed by atoms with Gasteiger partial charge < -0.3 is 9.73 Å². The van der Waals surface area contributed by atoms with Gasteiger partial charge in [-0.15, -0.1) is 0 Å². The smallest absolute Gasteiger partial charge is 0.118 e. The van der Waals surface area contributed by atoms with E-state index in [1.54, 1.807) is 0 Å². The zero-order valence-electron chi connectivity index (χ0n) is 12.6. The van der Waals surface area contributed by atoms with Crippen LogP contribution in [0.1, 0.15) is 29.6 Å². The van der Waals surface area contributed by atoms with E-state index in [0.29, 0.717) is 0 Å². The first-order chi connectivity index (χ1) is 9.72. The Morgan fingerprint density at radius 2 is 1.90 bits per heavy atom. The number of rotatable bonds is 7. The number of aryl methyl sites for hydroxylation is 1. The highest BCUT2D eigenvalue weighted by Crippen LogP contribution is 2.18. The third kappa shape index (κ3) is 3.95. The van der Waals surface area contributed by atoms with E-state index in [1.807, 2.05) is 14.0 Å². The fraction of sp³-hybridized carbons (Fsp3) is 0.412. The van der Waals surface area contributed by atoms with E-state index in [2.05, 4.69) is 53.5 Å². The van der Waals surface area contributed by atoms with E-state index < -0.39 is 0 Å². The molecule has 0 fully saturated rings. The normalized spacial score (nSPS) is 11.2. The fourth-order valence-corrected chi connectivity index (χ4v) is 2.37. The van der Waals surface area contributed by atoms with Crippen LogP contribution in [0.2, 0.25) is 0 Å². The van der Waals surface area contributed by atoms with Crippen molar-refractivity contribution in [2.24, 2.45) is 0 Å². The molecule has 3 nitrogen and oxygen atoms in total. The van der Waals surface area contributed by atoms with Crippen molar-refractivity contribution in [2.45, 2.75) is 33.5 Å². The van der Waals surface area contributed by atoms with Gasteiger partial charge in [0.15, 0.2) is 0 Å². The zero-order chi connectivity index (χ0) is 14.4. The quantitative estimate of drug-likeness (QED) is 0.838. The minimum absolute atomic E-state index is 0.783. The summed E-state index contributed by atoms with van der Waals surface area (Å²) in [5.41, 5.74) is 2.64. The van der Waals surface area contributed by atoms with Crippen LogP contribution in [-0.2, 0) is 19.6 Å². The lowest BCUT2D eigenvalue weighted by Gasteiger charge is -2.20. The van der Waals surface area contributed by atoms with Crippen molar-refractivity contribution in [3.8, 4) is 0 Å². The van der Waals surface area contributed by atoms with Gasteiger partial charge in [0.05, 0.1) is 6.54 Å². The van der Waals surface area contributed by atoms with Gasteiger partial charge in [-0.2, -0.15) is 0 Å². The predicted octanol–water partition coefficient (Wildman–Crippen LogP) is 3.33.